The lowest BCUT2D eigenvalue weighted by Gasteiger charge is -2.26. The van der Waals surface area contributed by atoms with Gasteiger partial charge in [-0.1, -0.05) is 41.5 Å². The number of amides is 1. The Kier molecular flexibility index (Phi) is 6.90. The summed E-state index contributed by atoms with van der Waals surface area (Å²) in [5.74, 6) is 0.207. The molecule has 0 fully saturated rings. The number of hydrogen-bond acceptors (Lipinski definition) is 2. The molecular weight excluding hydrogens is 224 g/mol. The van der Waals surface area contributed by atoms with Crippen LogP contribution in [0.5, 0.6) is 0 Å². The third-order valence-electron chi connectivity index (χ3n) is 2.89. The number of likely N-dealkylation sites (N-methyl/N-ethyl adjacent to an activating group) is 1. The maximum Gasteiger partial charge on any atom is 0.227 e. The van der Waals surface area contributed by atoms with Crippen LogP contribution in [0.1, 0.15) is 54.4 Å². The van der Waals surface area contributed by atoms with Crippen LogP contribution >= 0.6 is 0 Å². The van der Waals surface area contributed by atoms with E-state index in [1.807, 2.05) is 32.7 Å². The van der Waals surface area contributed by atoms with Crippen molar-refractivity contribution in [1.82, 2.24) is 10.2 Å². The fraction of sp³-hybridized carbons (Fsp3) is 0.933. The fourth-order valence-corrected chi connectivity index (χ4v) is 1.79. The van der Waals surface area contributed by atoms with E-state index in [4.69, 9.17) is 0 Å². The van der Waals surface area contributed by atoms with Crippen molar-refractivity contribution in [3.63, 3.8) is 0 Å². The van der Waals surface area contributed by atoms with Gasteiger partial charge >= 0.3 is 0 Å². The maximum atomic E-state index is 11.9. The molecule has 0 aliphatic rings. The second kappa shape index (κ2) is 7.13. The van der Waals surface area contributed by atoms with Crippen LogP contribution in [0.25, 0.3) is 0 Å². The standard InChI is InChI=1S/C15H32N2O/c1-14(2,3)9-8-10-16-11-12-17(7)13(18)15(4,5)6/h16H,8-12H2,1-7H3. The lowest BCUT2D eigenvalue weighted by atomic mass is 9.91. The topological polar surface area (TPSA) is 32.3 Å². The van der Waals surface area contributed by atoms with Crippen molar-refractivity contribution < 1.29 is 4.79 Å². The van der Waals surface area contributed by atoms with Gasteiger partial charge in [-0.25, -0.2) is 0 Å². The molecule has 0 aliphatic heterocycles. The van der Waals surface area contributed by atoms with Crippen molar-refractivity contribution in [2.75, 3.05) is 26.7 Å². The third-order valence-corrected chi connectivity index (χ3v) is 2.89. The molecule has 1 N–H and O–H groups in total. The number of rotatable bonds is 6. The largest absolute Gasteiger partial charge is 0.344 e. The van der Waals surface area contributed by atoms with Crippen molar-refractivity contribution in [2.45, 2.75) is 54.4 Å². The molecule has 0 rings (SSSR count). The van der Waals surface area contributed by atoms with Gasteiger partial charge < -0.3 is 10.2 Å². The van der Waals surface area contributed by atoms with Crippen LogP contribution < -0.4 is 5.32 Å². The smallest absolute Gasteiger partial charge is 0.227 e. The highest BCUT2D eigenvalue weighted by Crippen LogP contribution is 2.19. The van der Waals surface area contributed by atoms with Crippen LogP contribution in [-0.2, 0) is 4.79 Å². The molecule has 0 aromatic heterocycles. The predicted octanol–water partition coefficient (Wildman–Crippen LogP) is 2.91. The van der Waals surface area contributed by atoms with E-state index in [2.05, 4.69) is 26.1 Å². The molecule has 0 aromatic carbocycles. The molecule has 108 valence electrons. The minimum absolute atomic E-state index is 0.207. The van der Waals surface area contributed by atoms with E-state index < -0.39 is 0 Å². The second-order valence-electron chi connectivity index (χ2n) is 7.39. The third kappa shape index (κ3) is 8.51. The van der Waals surface area contributed by atoms with E-state index in [-0.39, 0.29) is 11.3 Å². The van der Waals surface area contributed by atoms with Crippen LogP contribution in [0.15, 0.2) is 0 Å². The first-order chi connectivity index (χ1) is 8.04. The van der Waals surface area contributed by atoms with Crippen LogP contribution in [0, 0.1) is 10.8 Å². The first kappa shape index (κ1) is 17.4. The van der Waals surface area contributed by atoms with Crippen molar-refractivity contribution in [3.05, 3.63) is 0 Å². The molecule has 1 amide bonds. The Morgan fingerprint density at radius 3 is 2.06 bits per heavy atom. The summed E-state index contributed by atoms with van der Waals surface area (Å²) in [7, 11) is 1.88. The molecular formula is C15H32N2O. The van der Waals surface area contributed by atoms with E-state index in [1.54, 1.807) is 0 Å². The number of carbonyl (C=O) groups excluding carboxylic acids is 1. The van der Waals surface area contributed by atoms with Gasteiger partial charge in [0, 0.05) is 25.6 Å². The molecule has 0 heterocycles. The van der Waals surface area contributed by atoms with Gasteiger partial charge in [0.25, 0.3) is 0 Å². The van der Waals surface area contributed by atoms with Crippen LogP contribution in [0.4, 0.5) is 0 Å². The Hall–Kier alpha value is -0.570. The molecule has 3 heteroatoms. The number of carbonyl (C=O) groups is 1. The average molecular weight is 256 g/mol. The van der Waals surface area contributed by atoms with E-state index >= 15 is 0 Å². The Morgan fingerprint density at radius 2 is 1.61 bits per heavy atom. The van der Waals surface area contributed by atoms with Gasteiger partial charge in [-0.3, -0.25) is 4.79 Å². The Morgan fingerprint density at radius 1 is 1.06 bits per heavy atom. The van der Waals surface area contributed by atoms with Gasteiger partial charge in [-0.2, -0.15) is 0 Å². The van der Waals surface area contributed by atoms with Crippen LogP contribution in [-0.4, -0.2) is 37.5 Å². The molecule has 18 heavy (non-hydrogen) atoms. The first-order valence-electron chi connectivity index (χ1n) is 7.00. The normalized spacial score (nSPS) is 12.6. The zero-order valence-electron chi connectivity index (χ0n) is 13.4. The molecule has 0 atom stereocenters. The highest BCUT2D eigenvalue weighted by Gasteiger charge is 2.24. The van der Waals surface area contributed by atoms with Gasteiger partial charge in [-0.15, -0.1) is 0 Å². The zero-order valence-corrected chi connectivity index (χ0v) is 13.4. The highest BCUT2D eigenvalue weighted by atomic mass is 16.2. The molecule has 3 nitrogen and oxygen atoms in total. The molecule has 0 aromatic rings. The van der Waals surface area contributed by atoms with Crippen LogP contribution in [0.2, 0.25) is 0 Å². The average Bonchev–Trinajstić information content (AvgIpc) is 2.18. The lowest BCUT2D eigenvalue weighted by Crippen LogP contribution is -2.40. The highest BCUT2D eigenvalue weighted by molar-refractivity contribution is 5.81. The Labute approximate surface area is 113 Å². The summed E-state index contributed by atoms with van der Waals surface area (Å²) < 4.78 is 0. The number of hydrogen-bond donors (Lipinski definition) is 1. The summed E-state index contributed by atoms with van der Waals surface area (Å²) in [4.78, 5) is 13.7. The summed E-state index contributed by atoms with van der Waals surface area (Å²) in [5.41, 5.74) is 0.141. The van der Waals surface area contributed by atoms with E-state index in [0.29, 0.717) is 5.41 Å². The Bertz CT molecular complexity index is 248. The fourth-order valence-electron chi connectivity index (χ4n) is 1.79. The monoisotopic (exact) mass is 256 g/mol. The summed E-state index contributed by atoms with van der Waals surface area (Å²) in [6.45, 7) is 15.4. The van der Waals surface area contributed by atoms with Crippen molar-refractivity contribution in [2.24, 2.45) is 10.8 Å². The molecule has 0 saturated carbocycles. The Balaban J connectivity index is 3.65. The molecule has 0 aliphatic carbocycles. The molecule has 0 unspecified atom stereocenters. The van der Waals surface area contributed by atoms with Gasteiger partial charge in [0.05, 0.1) is 0 Å². The minimum atomic E-state index is -0.277. The molecule has 0 saturated heterocycles. The second-order valence-corrected chi connectivity index (χ2v) is 7.39. The number of nitrogens with one attached hydrogen (secondary N) is 1. The van der Waals surface area contributed by atoms with E-state index in [9.17, 15) is 4.79 Å². The zero-order chi connectivity index (χ0) is 14.4. The lowest BCUT2D eigenvalue weighted by molar-refractivity contribution is -0.137. The van der Waals surface area contributed by atoms with Crippen molar-refractivity contribution >= 4 is 5.91 Å². The van der Waals surface area contributed by atoms with E-state index in [1.165, 1.54) is 12.8 Å². The molecule has 0 spiro atoms. The maximum absolute atomic E-state index is 11.9. The summed E-state index contributed by atoms with van der Waals surface area (Å²) in [5, 5.41) is 3.40. The van der Waals surface area contributed by atoms with E-state index in [0.717, 1.165) is 19.6 Å². The van der Waals surface area contributed by atoms with Crippen LogP contribution in [0.3, 0.4) is 0 Å². The summed E-state index contributed by atoms with van der Waals surface area (Å²) in [6.07, 6.45) is 2.43. The number of nitrogens with zero attached hydrogens (tertiary/aromatic N) is 1. The van der Waals surface area contributed by atoms with Gasteiger partial charge in [-0.05, 0) is 24.8 Å². The van der Waals surface area contributed by atoms with Crippen molar-refractivity contribution in [3.8, 4) is 0 Å². The van der Waals surface area contributed by atoms with Gasteiger partial charge in [0.15, 0.2) is 0 Å². The first-order valence-corrected chi connectivity index (χ1v) is 7.00. The minimum Gasteiger partial charge on any atom is -0.344 e. The SMILES string of the molecule is CN(CCNCCCC(C)(C)C)C(=O)C(C)(C)C. The van der Waals surface area contributed by atoms with Gasteiger partial charge in [0.1, 0.15) is 0 Å². The molecule has 0 bridgehead atoms. The van der Waals surface area contributed by atoms with Crippen molar-refractivity contribution in [1.29, 1.82) is 0 Å². The summed E-state index contributed by atoms with van der Waals surface area (Å²) >= 11 is 0. The van der Waals surface area contributed by atoms with Gasteiger partial charge in [0.2, 0.25) is 5.91 Å². The summed E-state index contributed by atoms with van der Waals surface area (Å²) in [6, 6.07) is 0. The molecule has 0 radical (unpaired) electrons. The quantitative estimate of drug-likeness (QED) is 0.741. The predicted molar refractivity (Wildman–Crippen MR) is 78.7 cm³/mol.